The first kappa shape index (κ1) is 14.5. The van der Waals surface area contributed by atoms with Gasteiger partial charge >= 0.3 is 0 Å². The molecule has 0 N–H and O–H groups in total. The fourth-order valence-electron chi connectivity index (χ4n) is 1.77. The molecule has 0 heterocycles. The Balaban J connectivity index is 2.49. The van der Waals surface area contributed by atoms with Crippen LogP contribution in [0.3, 0.4) is 0 Å². The first-order valence-corrected chi connectivity index (χ1v) is 6.65. The van der Waals surface area contributed by atoms with E-state index in [1.807, 2.05) is 18.2 Å². The molecule has 18 heavy (non-hydrogen) atoms. The molecule has 96 valence electrons. The number of terminal acetylenes is 1. The van der Waals surface area contributed by atoms with Gasteiger partial charge in [-0.1, -0.05) is 74.6 Å². The Labute approximate surface area is 111 Å². The smallest absolute Gasteiger partial charge is 0.108 e. The third-order valence-electron chi connectivity index (χ3n) is 2.78. The van der Waals surface area contributed by atoms with E-state index in [1.54, 1.807) is 0 Å². The van der Waals surface area contributed by atoms with Crippen LogP contribution in [0.4, 0.5) is 0 Å². The molecule has 0 fully saturated rings. The van der Waals surface area contributed by atoms with Gasteiger partial charge in [0.05, 0.1) is 6.10 Å². The van der Waals surface area contributed by atoms with Crippen molar-refractivity contribution in [3.8, 4) is 12.3 Å². The lowest BCUT2D eigenvalue weighted by Crippen LogP contribution is -2.10. The Hall–Kier alpha value is -1.52. The summed E-state index contributed by atoms with van der Waals surface area (Å²) < 4.78 is 5.64. The summed E-state index contributed by atoms with van der Waals surface area (Å²) in [5.74, 6) is 2.53. The van der Waals surface area contributed by atoms with Crippen molar-refractivity contribution in [2.45, 2.75) is 38.7 Å². The topological polar surface area (TPSA) is 9.23 Å². The lowest BCUT2D eigenvalue weighted by Gasteiger charge is -2.12. The van der Waals surface area contributed by atoms with E-state index in [2.05, 4.69) is 37.1 Å². The van der Waals surface area contributed by atoms with E-state index in [9.17, 15) is 0 Å². The summed E-state index contributed by atoms with van der Waals surface area (Å²) in [6.45, 7) is 2.59. The molecule has 0 aliphatic heterocycles. The molecule has 1 atom stereocenters. The molecule has 1 heteroatoms. The Morgan fingerprint density at radius 2 is 2.06 bits per heavy atom. The zero-order valence-corrected chi connectivity index (χ0v) is 11.1. The van der Waals surface area contributed by atoms with Gasteiger partial charge in [-0.15, -0.1) is 6.42 Å². The van der Waals surface area contributed by atoms with Gasteiger partial charge in [0.2, 0.25) is 0 Å². The molecule has 1 aromatic carbocycles. The maximum Gasteiger partial charge on any atom is 0.108 e. The maximum atomic E-state index is 5.64. The second kappa shape index (κ2) is 9.50. The molecule has 0 spiro atoms. The summed E-state index contributed by atoms with van der Waals surface area (Å²) in [4.78, 5) is 0. The van der Waals surface area contributed by atoms with E-state index in [0.717, 1.165) is 6.42 Å². The molecule has 0 bridgehead atoms. The lowest BCUT2D eigenvalue weighted by atomic mass is 10.1. The molecule has 0 amide bonds. The van der Waals surface area contributed by atoms with Crippen LogP contribution in [-0.2, 0) is 4.74 Å². The van der Waals surface area contributed by atoms with Gasteiger partial charge in [-0.2, -0.15) is 0 Å². The van der Waals surface area contributed by atoms with Crippen molar-refractivity contribution in [2.24, 2.45) is 0 Å². The second-order valence-electron chi connectivity index (χ2n) is 4.32. The molecule has 1 aromatic rings. The predicted octanol–water partition coefficient (Wildman–Crippen LogP) is 4.30. The summed E-state index contributed by atoms with van der Waals surface area (Å²) in [6, 6.07) is 10.3. The van der Waals surface area contributed by atoms with Crippen LogP contribution in [0, 0.1) is 12.3 Å². The third-order valence-corrected chi connectivity index (χ3v) is 2.78. The van der Waals surface area contributed by atoms with Crippen LogP contribution in [0.1, 0.15) is 38.2 Å². The number of hydrogen-bond acceptors (Lipinski definition) is 1. The first-order chi connectivity index (χ1) is 8.86. The van der Waals surface area contributed by atoms with Crippen LogP contribution in [0.15, 0.2) is 36.4 Å². The molecule has 1 rings (SSSR count). The summed E-state index contributed by atoms with van der Waals surface area (Å²) in [6.07, 6.45) is 14.3. The highest BCUT2D eigenvalue weighted by atomic mass is 16.5. The van der Waals surface area contributed by atoms with Crippen molar-refractivity contribution in [1.82, 2.24) is 0 Å². The van der Waals surface area contributed by atoms with Crippen molar-refractivity contribution in [2.75, 3.05) is 6.61 Å². The van der Waals surface area contributed by atoms with E-state index in [4.69, 9.17) is 11.2 Å². The Kier molecular flexibility index (Phi) is 7.68. The van der Waals surface area contributed by atoms with Crippen LogP contribution >= 0.6 is 0 Å². The largest absolute Gasteiger partial charge is 0.361 e. The van der Waals surface area contributed by atoms with Crippen molar-refractivity contribution in [3.05, 3.63) is 42.0 Å². The van der Waals surface area contributed by atoms with Gasteiger partial charge in [-0.05, 0) is 12.0 Å². The van der Waals surface area contributed by atoms with Crippen LogP contribution < -0.4 is 0 Å². The zero-order valence-electron chi connectivity index (χ0n) is 11.1. The molecule has 0 aromatic heterocycles. The summed E-state index contributed by atoms with van der Waals surface area (Å²) in [7, 11) is 0. The molecular weight excluding hydrogens is 220 g/mol. The van der Waals surface area contributed by atoms with Crippen LogP contribution in [0.25, 0.3) is 6.08 Å². The summed E-state index contributed by atoms with van der Waals surface area (Å²) in [5.41, 5.74) is 1.20. The van der Waals surface area contributed by atoms with E-state index >= 15 is 0 Å². The number of ether oxygens (including phenoxy) is 1. The minimum atomic E-state index is 0.132. The quantitative estimate of drug-likeness (QED) is 0.488. The van der Waals surface area contributed by atoms with Gasteiger partial charge in [-0.3, -0.25) is 0 Å². The van der Waals surface area contributed by atoms with Crippen molar-refractivity contribution >= 4 is 6.08 Å². The van der Waals surface area contributed by atoms with E-state index in [-0.39, 0.29) is 6.10 Å². The van der Waals surface area contributed by atoms with Crippen molar-refractivity contribution in [3.63, 3.8) is 0 Å². The molecule has 1 nitrogen and oxygen atoms in total. The van der Waals surface area contributed by atoms with Crippen LogP contribution in [0.2, 0.25) is 0 Å². The van der Waals surface area contributed by atoms with E-state index < -0.39 is 0 Å². The normalized spacial score (nSPS) is 12.4. The number of hydrogen-bond donors (Lipinski definition) is 0. The predicted molar refractivity (Wildman–Crippen MR) is 78.2 cm³/mol. The third kappa shape index (κ3) is 6.27. The molecule has 0 saturated heterocycles. The summed E-state index contributed by atoms with van der Waals surface area (Å²) in [5, 5.41) is 0. The Morgan fingerprint density at radius 1 is 1.28 bits per heavy atom. The fraction of sp³-hybridized carbons (Fsp3) is 0.412. The molecule has 0 aliphatic rings. The van der Waals surface area contributed by atoms with Gasteiger partial charge in [0.1, 0.15) is 6.61 Å². The number of rotatable bonds is 8. The van der Waals surface area contributed by atoms with Crippen LogP contribution in [0.5, 0.6) is 0 Å². The molecule has 0 saturated carbocycles. The minimum Gasteiger partial charge on any atom is -0.361 e. The van der Waals surface area contributed by atoms with Gasteiger partial charge in [0.15, 0.2) is 0 Å². The van der Waals surface area contributed by atoms with Gasteiger partial charge in [0, 0.05) is 0 Å². The lowest BCUT2D eigenvalue weighted by molar-refractivity contribution is 0.105. The zero-order chi connectivity index (χ0) is 13.1. The molecule has 1 unspecified atom stereocenters. The Bertz CT molecular complexity index is 372. The summed E-state index contributed by atoms with van der Waals surface area (Å²) >= 11 is 0. The molecule has 0 aliphatic carbocycles. The highest BCUT2D eigenvalue weighted by Gasteiger charge is 2.03. The van der Waals surface area contributed by atoms with Gasteiger partial charge in [-0.25, -0.2) is 0 Å². The Morgan fingerprint density at radius 3 is 2.72 bits per heavy atom. The SMILES string of the molecule is C#CCOC(/C=C/c1ccccc1)CCCCC. The standard InChI is InChI=1S/C17H22O/c1-3-5-7-12-17(18-15-4-2)14-13-16-10-8-6-9-11-16/h2,6,8-11,13-14,17H,3,5,7,12,15H2,1H3/b14-13+. The monoisotopic (exact) mass is 242 g/mol. The van der Waals surface area contributed by atoms with Crippen LogP contribution in [-0.4, -0.2) is 12.7 Å². The average Bonchev–Trinajstić information content (AvgIpc) is 2.42. The van der Waals surface area contributed by atoms with Crippen molar-refractivity contribution < 1.29 is 4.74 Å². The highest BCUT2D eigenvalue weighted by Crippen LogP contribution is 2.10. The van der Waals surface area contributed by atoms with Gasteiger partial charge < -0.3 is 4.74 Å². The van der Waals surface area contributed by atoms with E-state index in [0.29, 0.717) is 6.61 Å². The molecular formula is C17H22O. The number of unbranched alkanes of at least 4 members (excludes halogenated alkanes) is 2. The minimum absolute atomic E-state index is 0.132. The second-order valence-corrected chi connectivity index (χ2v) is 4.32. The molecule has 0 radical (unpaired) electrons. The van der Waals surface area contributed by atoms with E-state index in [1.165, 1.54) is 24.8 Å². The fourth-order valence-corrected chi connectivity index (χ4v) is 1.77. The van der Waals surface area contributed by atoms with Crippen molar-refractivity contribution in [1.29, 1.82) is 0 Å². The highest BCUT2D eigenvalue weighted by molar-refractivity contribution is 5.49. The number of benzene rings is 1. The average molecular weight is 242 g/mol. The van der Waals surface area contributed by atoms with Gasteiger partial charge in [0.25, 0.3) is 0 Å². The maximum absolute atomic E-state index is 5.64. The first-order valence-electron chi connectivity index (χ1n) is 6.65.